The number of halogens is 3. The summed E-state index contributed by atoms with van der Waals surface area (Å²) in [4.78, 5) is 11.3. The van der Waals surface area contributed by atoms with Crippen molar-refractivity contribution in [1.29, 1.82) is 0 Å². The van der Waals surface area contributed by atoms with Crippen LogP contribution in [0.3, 0.4) is 0 Å². The minimum atomic E-state index is -0.372. The maximum atomic E-state index is 11.3. The van der Waals surface area contributed by atoms with Crippen LogP contribution in [0.5, 0.6) is 17.2 Å². The third-order valence-corrected chi connectivity index (χ3v) is 3.93. The standard InChI is InChI=1S/C15H12BrCl2NO3/c1-2-14(20)21-9-6-11(17)15(12(18)7-9)22-8-3-4-13(19)10(16)5-8/h3-7H,2,19H2,1H3. The topological polar surface area (TPSA) is 61.5 Å². The molecule has 0 fully saturated rings. The molecule has 0 aromatic heterocycles. The molecular weight excluding hydrogens is 393 g/mol. The predicted octanol–water partition coefficient (Wildman–Crippen LogP) is 5.45. The third kappa shape index (κ3) is 4.06. The van der Waals surface area contributed by atoms with Gasteiger partial charge in [-0.2, -0.15) is 0 Å². The van der Waals surface area contributed by atoms with E-state index < -0.39 is 0 Å². The highest BCUT2D eigenvalue weighted by Crippen LogP contribution is 2.40. The second-order valence-electron chi connectivity index (χ2n) is 4.33. The van der Waals surface area contributed by atoms with Crippen molar-refractivity contribution in [3.8, 4) is 17.2 Å². The zero-order valence-corrected chi connectivity index (χ0v) is 14.6. The number of benzene rings is 2. The SMILES string of the molecule is CCC(=O)Oc1cc(Cl)c(Oc2ccc(N)c(Br)c2)c(Cl)c1. The van der Waals surface area contributed by atoms with E-state index in [1.807, 2.05) is 0 Å². The van der Waals surface area contributed by atoms with E-state index >= 15 is 0 Å². The van der Waals surface area contributed by atoms with Crippen molar-refractivity contribution >= 4 is 50.8 Å². The van der Waals surface area contributed by atoms with Crippen LogP contribution in [0.2, 0.25) is 10.0 Å². The summed E-state index contributed by atoms with van der Waals surface area (Å²) in [6.45, 7) is 1.70. The molecule has 0 heterocycles. The van der Waals surface area contributed by atoms with Crippen LogP contribution in [-0.2, 0) is 4.79 Å². The monoisotopic (exact) mass is 403 g/mol. The molecule has 0 saturated heterocycles. The van der Waals surface area contributed by atoms with Gasteiger partial charge in [-0.05, 0) is 34.1 Å². The van der Waals surface area contributed by atoms with E-state index in [4.69, 9.17) is 38.4 Å². The first-order valence-electron chi connectivity index (χ1n) is 6.33. The van der Waals surface area contributed by atoms with Crippen LogP contribution in [0, 0.1) is 0 Å². The van der Waals surface area contributed by atoms with Crippen molar-refractivity contribution in [2.24, 2.45) is 0 Å². The van der Waals surface area contributed by atoms with Gasteiger partial charge in [0.2, 0.25) is 0 Å². The van der Waals surface area contributed by atoms with Gasteiger partial charge in [0.05, 0.1) is 10.0 Å². The zero-order chi connectivity index (χ0) is 16.3. The Balaban J connectivity index is 2.28. The number of hydrogen-bond acceptors (Lipinski definition) is 4. The maximum Gasteiger partial charge on any atom is 0.310 e. The van der Waals surface area contributed by atoms with Gasteiger partial charge < -0.3 is 15.2 Å². The highest BCUT2D eigenvalue weighted by molar-refractivity contribution is 9.10. The minimum Gasteiger partial charge on any atom is -0.454 e. The van der Waals surface area contributed by atoms with Gasteiger partial charge in [0, 0.05) is 28.7 Å². The van der Waals surface area contributed by atoms with Crippen LogP contribution in [0.1, 0.15) is 13.3 Å². The van der Waals surface area contributed by atoms with Gasteiger partial charge in [-0.25, -0.2) is 0 Å². The second-order valence-corrected chi connectivity index (χ2v) is 6.00. The summed E-state index contributed by atoms with van der Waals surface area (Å²) in [7, 11) is 0. The molecule has 0 aliphatic carbocycles. The molecule has 0 aliphatic heterocycles. The van der Waals surface area contributed by atoms with E-state index in [0.29, 0.717) is 15.9 Å². The molecule has 4 nitrogen and oxygen atoms in total. The molecule has 7 heteroatoms. The van der Waals surface area contributed by atoms with E-state index in [-0.39, 0.29) is 33.9 Å². The predicted molar refractivity (Wildman–Crippen MR) is 91.0 cm³/mol. The molecule has 22 heavy (non-hydrogen) atoms. The Morgan fingerprint density at radius 3 is 2.36 bits per heavy atom. The molecule has 2 aromatic rings. The molecule has 0 spiro atoms. The number of rotatable bonds is 4. The summed E-state index contributed by atoms with van der Waals surface area (Å²) < 4.78 is 11.4. The third-order valence-electron chi connectivity index (χ3n) is 2.68. The zero-order valence-electron chi connectivity index (χ0n) is 11.5. The number of nitrogens with two attached hydrogens (primary N) is 1. The molecule has 0 saturated carbocycles. The molecule has 0 amide bonds. The second kappa shape index (κ2) is 7.22. The summed E-state index contributed by atoms with van der Waals surface area (Å²) in [6, 6.07) is 8.04. The van der Waals surface area contributed by atoms with Crippen molar-refractivity contribution in [2.45, 2.75) is 13.3 Å². The Morgan fingerprint density at radius 2 is 1.82 bits per heavy atom. The fourth-order valence-corrected chi connectivity index (χ4v) is 2.49. The van der Waals surface area contributed by atoms with Gasteiger partial charge >= 0.3 is 5.97 Å². The first-order chi connectivity index (χ1) is 10.4. The van der Waals surface area contributed by atoms with Crippen molar-refractivity contribution < 1.29 is 14.3 Å². The number of carbonyl (C=O) groups excluding carboxylic acids is 1. The fourth-order valence-electron chi connectivity index (χ4n) is 1.59. The summed E-state index contributed by atoms with van der Waals surface area (Å²) in [6.07, 6.45) is 0.257. The Hall–Kier alpha value is -1.43. The van der Waals surface area contributed by atoms with Crippen LogP contribution < -0.4 is 15.2 Å². The molecule has 2 rings (SSSR count). The van der Waals surface area contributed by atoms with Gasteiger partial charge in [0.1, 0.15) is 11.5 Å². The van der Waals surface area contributed by atoms with E-state index in [1.54, 1.807) is 25.1 Å². The average Bonchev–Trinajstić information content (AvgIpc) is 2.46. The van der Waals surface area contributed by atoms with E-state index in [2.05, 4.69) is 15.9 Å². The van der Waals surface area contributed by atoms with Crippen molar-refractivity contribution in [1.82, 2.24) is 0 Å². The van der Waals surface area contributed by atoms with Crippen molar-refractivity contribution in [2.75, 3.05) is 5.73 Å². The number of ether oxygens (including phenoxy) is 2. The molecule has 2 aromatic carbocycles. The quantitative estimate of drug-likeness (QED) is 0.418. The van der Waals surface area contributed by atoms with Gasteiger partial charge in [0.15, 0.2) is 5.75 Å². The van der Waals surface area contributed by atoms with Crippen LogP contribution in [-0.4, -0.2) is 5.97 Å². The maximum absolute atomic E-state index is 11.3. The molecule has 2 N–H and O–H groups in total. The highest BCUT2D eigenvalue weighted by Gasteiger charge is 2.13. The number of hydrogen-bond donors (Lipinski definition) is 1. The molecule has 0 unspecified atom stereocenters. The summed E-state index contributed by atoms with van der Waals surface area (Å²) in [5.41, 5.74) is 6.31. The van der Waals surface area contributed by atoms with E-state index in [1.165, 1.54) is 12.1 Å². The molecule has 0 radical (unpaired) electrons. The smallest absolute Gasteiger partial charge is 0.310 e. The molecule has 116 valence electrons. The van der Waals surface area contributed by atoms with Gasteiger partial charge in [-0.1, -0.05) is 30.1 Å². The highest BCUT2D eigenvalue weighted by atomic mass is 79.9. The molecule has 0 atom stereocenters. The van der Waals surface area contributed by atoms with E-state index in [0.717, 1.165) is 0 Å². The Morgan fingerprint density at radius 1 is 1.18 bits per heavy atom. The lowest BCUT2D eigenvalue weighted by atomic mass is 10.3. The number of esters is 1. The first kappa shape index (κ1) is 16.9. The van der Waals surface area contributed by atoms with Crippen molar-refractivity contribution in [3.05, 3.63) is 44.8 Å². The lowest BCUT2D eigenvalue weighted by molar-refractivity contribution is -0.134. The van der Waals surface area contributed by atoms with Gasteiger partial charge in [0.25, 0.3) is 0 Å². The van der Waals surface area contributed by atoms with Crippen LogP contribution >= 0.6 is 39.1 Å². The number of anilines is 1. The Bertz CT molecular complexity index is 699. The normalized spacial score (nSPS) is 10.4. The van der Waals surface area contributed by atoms with Gasteiger partial charge in [-0.3, -0.25) is 4.79 Å². The van der Waals surface area contributed by atoms with Crippen LogP contribution in [0.25, 0.3) is 0 Å². The van der Waals surface area contributed by atoms with Crippen LogP contribution in [0.4, 0.5) is 5.69 Å². The molecular formula is C15H12BrCl2NO3. The Kier molecular flexibility index (Phi) is 5.56. The lowest BCUT2D eigenvalue weighted by Gasteiger charge is -2.12. The Labute approximate surface area is 146 Å². The molecule has 0 bridgehead atoms. The minimum absolute atomic E-state index is 0.236. The summed E-state index contributed by atoms with van der Waals surface area (Å²) in [5.74, 6) is 0.690. The largest absolute Gasteiger partial charge is 0.454 e. The van der Waals surface area contributed by atoms with Crippen LogP contribution in [0.15, 0.2) is 34.8 Å². The number of carbonyl (C=O) groups is 1. The number of nitrogen functional groups attached to an aromatic ring is 1. The van der Waals surface area contributed by atoms with E-state index in [9.17, 15) is 4.79 Å². The first-order valence-corrected chi connectivity index (χ1v) is 7.88. The summed E-state index contributed by atoms with van der Waals surface area (Å²) >= 11 is 15.6. The fraction of sp³-hybridized carbons (Fsp3) is 0.133. The van der Waals surface area contributed by atoms with Gasteiger partial charge in [-0.15, -0.1) is 0 Å². The lowest BCUT2D eigenvalue weighted by Crippen LogP contribution is -2.05. The summed E-state index contributed by atoms with van der Waals surface area (Å²) in [5, 5.41) is 0.471. The van der Waals surface area contributed by atoms with Crippen molar-refractivity contribution in [3.63, 3.8) is 0 Å². The average molecular weight is 405 g/mol. The molecule has 0 aliphatic rings.